The van der Waals surface area contributed by atoms with E-state index in [4.69, 9.17) is 4.74 Å². The van der Waals surface area contributed by atoms with Crippen LogP contribution in [-0.2, 0) is 9.59 Å². The number of amides is 2. The number of hydrogen-bond acceptors (Lipinski definition) is 3. The van der Waals surface area contributed by atoms with Crippen LogP contribution in [0.15, 0.2) is 54.6 Å². The standard InChI is InChI=1S/C20H24N2O3/c1-4-18(25-17-8-6-5-7-9-17)20(24)22(3)14-19(23)21-16-12-10-15(2)11-13-16/h5-13,18H,4,14H2,1-3H3,(H,21,23)/t18-/m0/s1. The molecule has 2 amide bonds. The molecule has 0 aromatic heterocycles. The van der Waals surface area contributed by atoms with E-state index in [9.17, 15) is 9.59 Å². The number of benzene rings is 2. The lowest BCUT2D eigenvalue weighted by molar-refractivity contribution is -0.139. The first-order valence-corrected chi connectivity index (χ1v) is 8.32. The highest BCUT2D eigenvalue weighted by Gasteiger charge is 2.23. The molecule has 1 N–H and O–H groups in total. The minimum Gasteiger partial charge on any atom is -0.481 e. The van der Waals surface area contributed by atoms with E-state index in [1.165, 1.54) is 4.90 Å². The van der Waals surface area contributed by atoms with Gasteiger partial charge >= 0.3 is 0 Å². The number of aryl methyl sites for hydroxylation is 1. The van der Waals surface area contributed by atoms with Crippen LogP contribution in [0.25, 0.3) is 0 Å². The largest absolute Gasteiger partial charge is 0.481 e. The summed E-state index contributed by atoms with van der Waals surface area (Å²) in [6.07, 6.45) is -0.0861. The van der Waals surface area contributed by atoms with Gasteiger partial charge in [0, 0.05) is 12.7 Å². The Morgan fingerprint density at radius 1 is 1.08 bits per heavy atom. The number of carbonyl (C=O) groups excluding carboxylic acids is 2. The molecule has 0 aliphatic heterocycles. The molecule has 0 unspecified atom stereocenters. The van der Waals surface area contributed by atoms with Crippen LogP contribution < -0.4 is 10.1 Å². The quantitative estimate of drug-likeness (QED) is 0.842. The van der Waals surface area contributed by atoms with Crippen molar-refractivity contribution in [3.05, 3.63) is 60.2 Å². The van der Waals surface area contributed by atoms with Crippen molar-refractivity contribution < 1.29 is 14.3 Å². The molecule has 0 fully saturated rings. The zero-order valence-electron chi connectivity index (χ0n) is 14.9. The number of anilines is 1. The Balaban J connectivity index is 1.91. The first kappa shape index (κ1) is 18.5. The summed E-state index contributed by atoms with van der Waals surface area (Å²) in [6, 6.07) is 16.7. The molecule has 2 rings (SSSR count). The Labute approximate surface area is 148 Å². The first-order valence-electron chi connectivity index (χ1n) is 8.32. The number of hydrogen-bond donors (Lipinski definition) is 1. The van der Waals surface area contributed by atoms with Gasteiger partial charge in [0.25, 0.3) is 5.91 Å². The van der Waals surface area contributed by atoms with Crippen molar-refractivity contribution in [2.75, 3.05) is 18.9 Å². The van der Waals surface area contributed by atoms with E-state index in [0.717, 1.165) is 5.56 Å². The number of likely N-dealkylation sites (N-methyl/N-ethyl adjacent to an activating group) is 1. The summed E-state index contributed by atoms with van der Waals surface area (Å²) in [5.74, 6) is 0.180. The lowest BCUT2D eigenvalue weighted by Gasteiger charge is -2.23. The van der Waals surface area contributed by atoms with E-state index >= 15 is 0 Å². The molecule has 2 aromatic carbocycles. The second-order valence-electron chi connectivity index (χ2n) is 5.94. The molecule has 0 radical (unpaired) electrons. The molecule has 5 nitrogen and oxygen atoms in total. The van der Waals surface area contributed by atoms with Gasteiger partial charge in [-0.2, -0.15) is 0 Å². The third-order valence-corrected chi connectivity index (χ3v) is 3.76. The normalized spacial score (nSPS) is 11.5. The highest BCUT2D eigenvalue weighted by molar-refractivity contribution is 5.95. The number of nitrogens with one attached hydrogen (secondary N) is 1. The van der Waals surface area contributed by atoms with Crippen molar-refractivity contribution in [3.8, 4) is 5.75 Å². The van der Waals surface area contributed by atoms with Gasteiger partial charge in [-0.3, -0.25) is 9.59 Å². The van der Waals surface area contributed by atoms with Crippen molar-refractivity contribution in [3.63, 3.8) is 0 Å². The summed E-state index contributed by atoms with van der Waals surface area (Å²) in [7, 11) is 1.61. The molecular weight excluding hydrogens is 316 g/mol. The predicted octanol–water partition coefficient (Wildman–Crippen LogP) is 3.25. The molecule has 0 heterocycles. The first-order chi connectivity index (χ1) is 12.0. The van der Waals surface area contributed by atoms with Crippen LogP contribution in [0.1, 0.15) is 18.9 Å². The van der Waals surface area contributed by atoms with Crippen LogP contribution in [0, 0.1) is 6.92 Å². The van der Waals surface area contributed by atoms with Gasteiger partial charge in [-0.05, 0) is 37.6 Å². The van der Waals surface area contributed by atoms with E-state index < -0.39 is 6.10 Å². The minimum atomic E-state index is -0.612. The molecule has 1 atom stereocenters. The SMILES string of the molecule is CC[C@H](Oc1ccccc1)C(=O)N(C)CC(=O)Nc1ccc(C)cc1. The molecule has 0 bridgehead atoms. The Morgan fingerprint density at radius 3 is 2.32 bits per heavy atom. The van der Waals surface area contributed by atoms with Gasteiger partial charge in [0.1, 0.15) is 5.75 Å². The van der Waals surface area contributed by atoms with Gasteiger partial charge in [-0.25, -0.2) is 0 Å². The topological polar surface area (TPSA) is 58.6 Å². The third kappa shape index (κ3) is 5.64. The Kier molecular flexibility index (Phi) is 6.57. The van der Waals surface area contributed by atoms with Gasteiger partial charge in [-0.15, -0.1) is 0 Å². The minimum absolute atomic E-state index is 0.0264. The summed E-state index contributed by atoms with van der Waals surface area (Å²) < 4.78 is 5.74. The maximum Gasteiger partial charge on any atom is 0.263 e. The summed E-state index contributed by atoms with van der Waals surface area (Å²) in [4.78, 5) is 26.1. The second-order valence-corrected chi connectivity index (χ2v) is 5.94. The van der Waals surface area contributed by atoms with Crippen LogP contribution in [-0.4, -0.2) is 36.4 Å². The van der Waals surface area contributed by atoms with Crippen molar-refractivity contribution >= 4 is 17.5 Å². The van der Waals surface area contributed by atoms with Crippen LogP contribution in [0.3, 0.4) is 0 Å². The van der Waals surface area contributed by atoms with Crippen molar-refractivity contribution in [2.24, 2.45) is 0 Å². The molecule has 0 spiro atoms. The van der Waals surface area contributed by atoms with E-state index in [1.807, 2.05) is 56.3 Å². The summed E-state index contributed by atoms with van der Waals surface area (Å²) in [6.45, 7) is 3.84. The van der Waals surface area contributed by atoms with Crippen LogP contribution in [0.4, 0.5) is 5.69 Å². The van der Waals surface area contributed by atoms with Crippen LogP contribution in [0.5, 0.6) is 5.75 Å². The van der Waals surface area contributed by atoms with Crippen LogP contribution in [0.2, 0.25) is 0 Å². The van der Waals surface area contributed by atoms with E-state index in [-0.39, 0.29) is 18.4 Å². The van der Waals surface area contributed by atoms with Gasteiger partial charge < -0.3 is 15.0 Å². The van der Waals surface area contributed by atoms with Gasteiger partial charge in [0.2, 0.25) is 5.91 Å². The van der Waals surface area contributed by atoms with Gasteiger partial charge in [0.05, 0.1) is 6.54 Å². The molecule has 5 heteroatoms. The highest BCUT2D eigenvalue weighted by Crippen LogP contribution is 2.14. The van der Waals surface area contributed by atoms with Crippen molar-refractivity contribution in [1.82, 2.24) is 4.90 Å². The molecule has 0 saturated heterocycles. The molecule has 25 heavy (non-hydrogen) atoms. The zero-order chi connectivity index (χ0) is 18.2. The van der Waals surface area contributed by atoms with E-state index in [0.29, 0.717) is 17.9 Å². The molecule has 0 saturated carbocycles. The number of ether oxygens (including phenoxy) is 1. The average molecular weight is 340 g/mol. The van der Waals surface area contributed by atoms with Crippen LogP contribution >= 0.6 is 0 Å². The zero-order valence-corrected chi connectivity index (χ0v) is 14.9. The van der Waals surface area contributed by atoms with Crippen molar-refractivity contribution in [1.29, 1.82) is 0 Å². The van der Waals surface area contributed by atoms with E-state index in [2.05, 4.69) is 5.32 Å². The number of para-hydroxylation sites is 1. The lowest BCUT2D eigenvalue weighted by Crippen LogP contribution is -2.43. The fourth-order valence-electron chi connectivity index (χ4n) is 2.35. The fourth-order valence-corrected chi connectivity index (χ4v) is 2.35. The maximum absolute atomic E-state index is 12.5. The summed E-state index contributed by atoms with van der Waals surface area (Å²) in [5.41, 5.74) is 1.83. The molecule has 2 aromatic rings. The molecule has 0 aliphatic rings. The fraction of sp³-hybridized carbons (Fsp3) is 0.300. The summed E-state index contributed by atoms with van der Waals surface area (Å²) in [5, 5.41) is 2.79. The molecule has 132 valence electrons. The molecular formula is C20H24N2O3. The van der Waals surface area contributed by atoms with Gasteiger partial charge in [0.15, 0.2) is 6.10 Å². The highest BCUT2D eigenvalue weighted by atomic mass is 16.5. The Bertz CT molecular complexity index is 699. The second kappa shape index (κ2) is 8.87. The lowest BCUT2D eigenvalue weighted by atomic mass is 10.2. The Morgan fingerprint density at radius 2 is 1.72 bits per heavy atom. The smallest absolute Gasteiger partial charge is 0.263 e. The average Bonchev–Trinajstić information content (AvgIpc) is 2.61. The maximum atomic E-state index is 12.5. The predicted molar refractivity (Wildman–Crippen MR) is 98.6 cm³/mol. The number of carbonyl (C=O) groups is 2. The monoisotopic (exact) mass is 340 g/mol. The Hall–Kier alpha value is -2.82. The third-order valence-electron chi connectivity index (χ3n) is 3.76. The summed E-state index contributed by atoms with van der Waals surface area (Å²) >= 11 is 0. The van der Waals surface area contributed by atoms with Crippen molar-refractivity contribution in [2.45, 2.75) is 26.4 Å². The molecule has 0 aliphatic carbocycles. The van der Waals surface area contributed by atoms with E-state index in [1.54, 1.807) is 19.2 Å². The number of nitrogens with zero attached hydrogens (tertiary/aromatic N) is 1. The van der Waals surface area contributed by atoms with Gasteiger partial charge in [-0.1, -0.05) is 42.8 Å². The number of rotatable bonds is 7.